The van der Waals surface area contributed by atoms with Crippen molar-refractivity contribution in [1.29, 1.82) is 0 Å². The van der Waals surface area contributed by atoms with E-state index in [2.05, 4.69) is 9.97 Å². The van der Waals surface area contributed by atoms with Gasteiger partial charge in [-0.2, -0.15) is 4.98 Å². The number of fused-ring (bicyclic) bond motifs is 1. The van der Waals surface area contributed by atoms with E-state index in [-0.39, 0.29) is 5.95 Å². The minimum atomic E-state index is 0.136. The molecule has 0 unspecified atom stereocenters. The zero-order valence-electron chi connectivity index (χ0n) is 12.9. The molecule has 0 aliphatic carbocycles. The lowest BCUT2D eigenvalue weighted by molar-refractivity contribution is 0.171. The molecule has 0 radical (unpaired) electrons. The monoisotopic (exact) mass is 320 g/mol. The van der Waals surface area contributed by atoms with Crippen LogP contribution in [0.5, 0.6) is 11.5 Å². The van der Waals surface area contributed by atoms with Crippen molar-refractivity contribution in [2.24, 2.45) is 0 Å². The molecule has 1 aliphatic heterocycles. The first-order valence-corrected chi connectivity index (χ1v) is 7.61. The van der Waals surface area contributed by atoms with Crippen molar-refractivity contribution in [1.82, 2.24) is 9.97 Å². The highest BCUT2D eigenvalue weighted by molar-refractivity contribution is 5.88. The topological polar surface area (TPSA) is 96.3 Å². The van der Waals surface area contributed by atoms with Gasteiger partial charge in [0.25, 0.3) is 0 Å². The van der Waals surface area contributed by atoms with E-state index >= 15 is 0 Å². The van der Waals surface area contributed by atoms with Gasteiger partial charge in [0, 0.05) is 5.56 Å². The van der Waals surface area contributed by atoms with Crippen molar-refractivity contribution in [3.63, 3.8) is 0 Å². The number of rotatable bonds is 2. The lowest BCUT2D eigenvalue weighted by Gasteiger charge is -2.19. The van der Waals surface area contributed by atoms with Gasteiger partial charge in [-0.1, -0.05) is 30.3 Å². The zero-order valence-corrected chi connectivity index (χ0v) is 12.9. The van der Waals surface area contributed by atoms with Crippen LogP contribution in [0.25, 0.3) is 22.4 Å². The van der Waals surface area contributed by atoms with Crippen molar-refractivity contribution in [3.05, 3.63) is 48.5 Å². The van der Waals surface area contributed by atoms with Crippen LogP contribution < -0.4 is 20.9 Å². The fourth-order valence-corrected chi connectivity index (χ4v) is 2.79. The lowest BCUT2D eigenvalue weighted by atomic mass is 9.99. The summed E-state index contributed by atoms with van der Waals surface area (Å²) in [5, 5.41) is 0. The van der Waals surface area contributed by atoms with Gasteiger partial charge < -0.3 is 20.9 Å². The minimum Gasteiger partial charge on any atom is -0.486 e. The van der Waals surface area contributed by atoms with Crippen LogP contribution in [0.1, 0.15) is 0 Å². The summed E-state index contributed by atoms with van der Waals surface area (Å²) in [4.78, 5) is 8.53. The maximum absolute atomic E-state index is 6.14. The summed E-state index contributed by atoms with van der Waals surface area (Å²) in [6.07, 6.45) is 0. The number of nitrogens with two attached hydrogens (primary N) is 2. The molecule has 2 aromatic carbocycles. The summed E-state index contributed by atoms with van der Waals surface area (Å²) < 4.78 is 11.2. The van der Waals surface area contributed by atoms with E-state index in [0.717, 1.165) is 22.4 Å². The third-order valence-corrected chi connectivity index (χ3v) is 3.83. The van der Waals surface area contributed by atoms with Crippen molar-refractivity contribution in [3.8, 4) is 33.9 Å². The standard InChI is InChI=1S/C18H16N4O2/c19-17-15(11-4-2-1-3-5-11)16(21-18(20)22-17)12-6-7-13-14(10-12)24-9-8-23-13/h1-7,10H,8-9H2,(H4,19,20,21,22). The number of nitrogen functional groups attached to an aromatic ring is 2. The van der Waals surface area contributed by atoms with Gasteiger partial charge in [-0.15, -0.1) is 0 Å². The van der Waals surface area contributed by atoms with Crippen LogP contribution >= 0.6 is 0 Å². The van der Waals surface area contributed by atoms with E-state index in [0.29, 0.717) is 30.5 Å². The van der Waals surface area contributed by atoms with E-state index < -0.39 is 0 Å². The summed E-state index contributed by atoms with van der Waals surface area (Å²) >= 11 is 0. The van der Waals surface area contributed by atoms with Crippen LogP contribution in [-0.4, -0.2) is 23.2 Å². The van der Waals surface area contributed by atoms with Gasteiger partial charge >= 0.3 is 0 Å². The molecule has 0 saturated heterocycles. The van der Waals surface area contributed by atoms with Gasteiger partial charge in [-0.3, -0.25) is 0 Å². The third kappa shape index (κ3) is 2.48. The van der Waals surface area contributed by atoms with Crippen LogP contribution in [-0.2, 0) is 0 Å². The third-order valence-electron chi connectivity index (χ3n) is 3.83. The molecule has 120 valence electrons. The average molecular weight is 320 g/mol. The zero-order chi connectivity index (χ0) is 16.5. The van der Waals surface area contributed by atoms with Crippen molar-refractivity contribution < 1.29 is 9.47 Å². The second kappa shape index (κ2) is 5.73. The Bertz CT molecular complexity index is 897. The van der Waals surface area contributed by atoms with Crippen LogP contribution in [0.2, 0.25) is 0 Å². The minimum absolute atomic E-state index is 0.136. The Hall–Kier alpha value is -3.28. The number of nitrogens with zero attached hydrogens (tertiary/aromatic N) is 2. The number of hydrogen-bond donors (Lipinski definition) is 2. The Morgan fingerprint density at radius 1 is 0.792 bits per heavy atom. The van der Waals surface area contributed by atoms with E-state index in [1.54, 1.807) is 0 Å². The molecule has 4 rings (SSSR count). The summed E-state index contributed by atoms with van der Waals surface area (Å²) in [6.45, 7) is 1.07. The van der Waals surface area contributed by atoms with Gasteiger partial charge in [0.2, 0.25) is 5.95 Å². The van der Waals surface area contributed by atoms with Gasteiger partial charge in [0.05, 0.1) is 11.3 Å². The maximum atomic E-state index is 6.14. The second-order valence-corrected chi connectivity index (χ2v) is 5.42. The highest BCUT2D eigenvalue weighted by atomic mass is 16.6. The molecule has 24 heavy (non-hydrogen) atoms. The maximum Gasteiger partial charge on any atom is 0.222 e. The summed E-state index contributed by atoms with van der Waals surface area (Å²) in [5.74, 6) is 1.89. The van der Waals surface area contributed by atoms with E-state index in [1.807, 2.05) is 48.5 Å². The van der Waals surface area contributed by atoms with Crippen molar-refractivity contribution in [2.45, 2.75) is 0 Å². The molecule has 0 amide bonds. The highest BCUT2D eigenvalue weighted by Crippen LogP contribution is 2.39. The Labute approximate surface area is 139 Å². The normalized spacial score (nSPS) is 12.8. The summed E-state index contributed by atoms with van der Waals surface area (Å²) in [5.41, 5.74) is 15.2. The molecule has 0 atom stereocenters. The van der Waals surface area contributed by atoms with Gasteiger partial charge in [-0.05, 0) is 23.8 Å². The quantitative estimate of drug-likeness (QED) is 0.753. The molecule has 3 aromatic rings. The van der Waals surface area contributed by atoms with Crippen molar-refractivity contribution in [2.75, 3.05) is 24.7 Å². The predicted molar refractivity (Wildman–Crippen MR) is 92.7 cm³/mol. The molecule has 0 spiro atoms. The first kappa shape index (κ1) is 14.3. The molecule has 6 nitrogen and oxygen atoms in total. The van der Waals surface area contributed by atoms with Crippen LogP contribution in [0.4, 0.5) is 11.8 Å². The number of benzene rings is 2. The Kier molecular flexibility index (Phi) is 3.42. The van der Waals surface area contributed by atoms with E-state index in [1.165, 1.54) is 0 Å². The Morgan fingerprint density at radius 2 is 1.54 bits per heavy atom. The molecular formula is C18H16N4O2. The predicted octanol–water partition coefficient (Wildman–Crippen LogP) is 2.75. The number of ether oxygens (including phenoxy) is 2. The smallest absolute Gasteiger partial charge is 0.222 e. The van der Waals surface area contributed by atoms with Crippen LogP contribution in [0, 0.1) is 0 Å². The largest absolute Gasteiger partial charge is 0.486 e. The molecule has 0 fully saturated rings. The van der Waals surface area contributed by atoms with Crippen LogP contribution in [0.3, 0.4) is 0 Å². The van der Waals surface area contributed by atoms with Gasteiger partial charge in [0.1, 0.15) is 19.0 Å². The Morgan fingerprint density at radius 3 is 2.33 bits per heavy atom. The summed E-state index contributed by atoms with van der Waals surface area (Å²) in [7, 11) is 0. The molecule has 0 bridgehead atoms. The molecule has 4 N–H and O–H groups in total. The average Bonchev–Trinajstić information content (AvgIpc) is 2.61. The Balaban J connectivity index is 1.92. The first-order valence-electron chi connectivity index (χ1n) is 7.61. The fourth-order valence-electron chi connectivity index (χ4n) is 2.79. The molecule has 2 heterocycles. The number of anilines is 2. The molecular weight excluding hydrogens is 304 g/mol. The number of hydrogen-bond acceptors (Lipinski definition) is 6. The second-order valence-electron chi connectivity index (χ2n) is 5.42. The van der Waals surface area contributed by atoms with Gasteiger partial charge in [0.15, 0.2) is 11.5 Å². The molecule has 0 saturated carbocycles. The molecule has 6 heteroatoms. The molecule has 1 aromatic heterocycles. The van der Waals surface area contributed by atoms with E-state index in [4.69, 9.17) is 20.9 Å². The fraction of sp³-hybridized carbons (Fsp3) is 0.111. The van der Waals surface area contributed by atoms with Crippen LogP contribution in [0.15, 0.2) is 48.5 Å². The molecule has 1 aliphatic rings. The van der Waals surface area contributed by atoms with Crippen molar-refractivity contribution >= 4 is 11.8 Å². The summed E-state index contributed by atoms with van der Waals surface area (Å²) in [6, 6.07) is 15.4. The number of aromatic nitrogens is 2. The van der Waals surface area contributed by atoms with E-state index in [9.17, 15) is 0 Å². The lowest BCUT2D eigenvalue weighted by Crippen LogP contribution is -2.15. The van der Waals surface area contributed by atoms with Gasteiger partial charge in [-0.25, -0.2) is 4.98 Å². The first-order chi connectivity index (χ1) is 11.7. The SMILES string of the molecule is Nc1nc(N)c(-c2ccccc2)c(-c2ccc3c(c2)OCCO3)n1. The highest BCUT2D eigenvalue weighted by Gasteiger charge is 2.18.